The lowest BCUT2D eigenvalue weighted by Gasteiger charge is -2.26. The number of ketones is 1. The molecular weight excluding hydrogens is 248 g/mol. The van der Waals surface area contributed by atoms with Gasteiger partial charge in [0.15, 0.2) is 5.78 Å². The van der Waals surface area contributed by atoms with Gasteiger partial charge in [-0.15, -0.1) is 0 Å². The Balaban J connectivity index is 2.04. The Kier molecular flexibility index (Phi) is 3.55. The number of carbonyl (C=O) groups is 1. The molecule has 0 aromatic heterocycles. The summed E-state index contributed by atoms with van der Waals surface area (Å²) in [7, 11) is 1.67. The van der Waals surface area contributed by atoms with Crippen LogP contribution in [0, 0.1) is 0 Å². The molecule has 0 saturated carbocycles. The third kappa shape index (κ3) is 2.22. The molecule has 1 aliphatic rings. The van der Waals surface area contributed by atoms with E-state index < -0.39 is 0 Å². The van der Waals surface area contributed by atoms with Crippen molar-refractivity contribution in [3.8, 4) is 5.75 Å². The third-order valence-electron chi connectivity index (χ3n) is 4.04. The molecule has 20 heavy (non-hydrogen) atoms. The number of Topliss-reactive ketones (excluding diaryl/α,β-unsaturated/α-hetero) is 1. The summed E-state index contributed by atoms with van der Waals surface area (Å²) < 4.78 is 5.48. The Hall–Kier alpha value is -2.09. The maximum Gasteiger partial charge on any atom is 0.170 e. The first-order valence-electron chi connectivity index (χ1n) is 7.06. The number of benzene rings is 2. The van der Waals surface area contributed by atoms with E-state index in [1.807, 2.05) is 42.5 Å². The number of hydrogen-bond donors (Lipinski definition) is 0. The van der Waals surface area contributed by atoms with Gasteiger partial charge in [-0.1, -0.05) is 42.5 Å². The maximum atomic E-state index is 12.8. The summed E-state index contributed by atoms with van der Waals surface area (Å²) in [6.07, 6.45) is 3.00. The molecule has 2 aromatic rings. The van der Waals surface area contributed by atoms with E-state index in [2.05, 4.69) is 6.07 Å². The van der Waals surface area contributed by atoms with E-state index in [0.29, 0.717) is 0 Å². The molecule has 1 unspecified atom stereocenters. The van der Waals surface area contributed by atoms with Crippen LogP contribution in [-0.4, -0.2) is 12.9 Å². The minimum Gasteiger partial charge on any atom is -0.496 e. The lowest BCUT2D eigenvalue weighted by Crippen LogP contribution is -2.19. The predicted molar refractivity (Wildman–Crippen MR) is 79.4 cm³/mol. The molecule has 0 fully saturated rings. The van der Waals surface area contributed by atoms with Gasteiger partial charge in [0.05, 0.1) is 13.0 Å². The quantitative estimate of drug-likeness (QED) is 0.785. The first-order valence-corrected chi connectivity index (χ1v) is 7.06. The molecule has 0 spiro atoms. The van der Waals surface area contributed by atoms with Crippen LogP contribution in [0.15, 0.2) is 48.5 Å². The van der Waals surface area contributed by atoms with Crippen molar-refractivity contribution in [2.24, 2.45) is 0 Å². The number of rotatable bonds is 3. The van der Waals surface area contributed by atoms with Gasteiger partial charge >= 0.3 is 0 Å². The van der Waals surface area contributed by atoms with Crippen molar-refractivity contribution in [1.82, 2.24) is 0 Å². The minimum absolute atomic E-state index is 0.0719. The zero-order valence-electron chi connectivity index (χ0n) is 11.6. The summed E-state index contributed by atoms with van der Waals surface area (Å²) in [5, 5.41) is 0. The first kappa shape index (κ1) is 12.9. The van der Waals surface area contributed by atoms with Crippen molar-refractivity contribution in [2.75, 3.05) is 7.11 Å². The molecule has 1 aliphatic carbocycles. The topological polar surface area (TPSA) is 26.3 Å². The van der Waals surface area contributed by atoms with E-state index in [1.54, 1.807) is 7.11 Å². The largest absolute Gasteiger partial charge is 0.496 e. The number of methoxy groups -OCH3 is 1. The number of carbonyl (C=O) groups excluding carboxylic acids is 1. The zero-order chi connectivity index (χ0) is 13.9. The normalized spacial score (nSPS) is 17.4. The Labute approximate surface area is 119 Å². The van der Waals surface area contributed by atoms with Gasteiger partial charge in [-0.2, -0.15) is 0 Å². The van der Waals surface area contributed by atoms with Crippen LogP contribution >= 0.6 is 0 Å². The molecular formula is C18H18O2. The Morgan fingerprint density at radius 2 is 1.90 bits per heavy atom. The van der Waals surface area contributed by atoms with Crippen molar-refractivity contribution >= 4 is 5.78 Å². The highest BCUT2D eigenvalue weighted by molar-refractivity contribution is 6.01. The van der Waals surface area contributed by atoms with Gasteiger partial charge in [0.1, 0.15) is 5.75 Å². The molecule has 0 N–H and O–H groups in total. The summed E-state index contributed by atoms with van der Waals surface area (Å²) in [5.41, 5.74) is 3.14. The van der Waals surface area contributed by atoms with Gasteiger partial charge in [-0.25, -0.2) is 0 Å². The van der Waals surface area contributed by atoms with Gasteiger partial charge in [-0.3, -0.25) is 4.79 Å². The van der Waals surface area contributed by atoms with Gasteiger partial charge < -0.3 is 4.74 Å². The second-order valence-corrected chi connectivity index (χ2v) is 5.21. The van der Waals surface area contributed by atoms with E-state index in [1.165, 1.54) is 5.56 Å². The van der Waals surface area contributed by atoms with Crippen molar-refractivity contribution in [2.45, 2.75) is 25.2 Å². The molecule has 0 bridgehead atoms. The molecule has 1 atom stereocenters. The van der Waals surface area contributed by atoms with Crippen LogP contribution in [0.3, 0.4) is 0 Å². The highest BCUT2D eigenvalue weighted by atomic mass is 16.5. The number of hydrogen-bond acceptors (Lipinski definition) is 2. The number of fused-ring (bicyclic) bond motifs is 1. The maximum absolute atomic E-state index is 12.8. The average molecular weight is 266 g/mol. The standard InChI is InChI=1S/C18H18O2/c1-20-16-12-6-10-13-9-5-11-15(17(13)16)18(19)14-7-3-2-4-8-14/h2-4,6-8,10,12,15H,5,9,11H2,1H3. The highest BCUT2D eigenvalue weighted by Gasteiger charge is 2.29. The lowest BCUT2D eigenvalue weighted by molar-refractivity contribution is 0.0949. The SMILES string of the molecule is COc1cccc2c1C(C(=O)c1ccccc1)CCC2. The molecule has 2 heteroatoms. The van der Waals surface area contributed by atoms with Crippen molar-refractivity contribution in [3.63, 3.8) is 0 Å². The molecule has 0 radical (unpaired) electrons. The van der Waals surface area contributed by atoms with Gasteiger partial charge in [0.25, 0.3) is 0 Å². The summed E-state index contributed by atoms with van der Waals surface area (Å²) >= 11 is 0. The van der Waals surface area contributed by atoms with Crippen LogP contribution in [0.1, 0.15) is 40.2 Å². The van der Waals surface area contributed by atoms with Crippen LogP contribution in [0.2, 0.25) is 0 Å². The van der Waals surface area contributed by atoms with E-state index >= 15 is 0 Å². The Bertz CT molecular complexity index is 602. The molecule has 0 aliphatic heterocycles. The van der Waals surface area contributed by atoms with E-state index in [0.717, 1.165) is 36.1 Å². The molecule has 3 rings (SSSR count). The number of ether oxygens (including phenoxy) is 1. The molecule has 0 saturated heterocycles. The van der Waals surface area contributed by atoms with Gasteiger partial charge in [-0.05, 0) is 30.9 Å². The highest BCUT2D eigenvalue weighted by Crippen LogP contribution is 2.39. The van der Waals surface area contributed by atoms with Crippen molar-refractivity contribution < 1.29 is 9.53 Å². The van der Waals surface area contributed by atoms with Crippen molar-refractivity contribution in [3.05, 3.63) is 65.2 Å². The second kappa shape index (κ2) is 5.49. The lowest BCUT2D eigenvalue weighted by atomic mass is 9.78. The predicted octanol–water partition coefficient (Wildman–Crippen LogP) is 4.00. The van der Waals surface area contributed by atoms with E-state index in [4.69, 9.17) is 4.74 Å². The average Bonchev–Trinajstić information content (AvgIpc) is 2.53. The monoisotopic (exact) mass is 266 g/mol. The fourth-order valence-electron chi connectivity index (χ4n) is 3.09. The fraction of sp³-hybridized carbons (Fsp3) is 0.278. The molecule has 2 nitrogen and oxygen atoms in total. The van der Waals surface area contributed by atoms with Crippen LogP contribution < -0.4 is 4.74 Å². The van der Waals surface area contributed by atoms with Crippen LogP contribution in [0.4, 0.5) is 0 Å². The van der Waals surface area contributed by atoms with Crippen molar-refractivity contribution in [1.29, 1.82) is 0 Å². The van der Waals surface area contributed by atoms with Crippen LogP contribution in [0.5, 0.6) is 5.75 Å². The third-order valence-corrected chi connectivity index (χ3v) is 4.04. The summed E-state index contributed by atoms with van der Waals surface area (Å²) in [6, 6.07) is 15.6. The van der Waals surface area contributed by atoms with Gasteiger partial charge in [0.2, 0.25) is 0 Å². The molecule has 0 amide bonds. The van der Waals surface area contributed by atoms with E-state index in [9.17, 15) is 4.79 Å². The molecule has 0 heterocycles. The van der Waals surface area contributed by atoms with E-state index in [-0.39, 0.29) is 11.7 Å². The van der Waals surface area contributed by atoms with Crippen LogP contribution in [0.25, 0.3) is 0 Å². The smallest absolute Gasteiger partial charge is 0.170 e. The Morgan fingerprint density at radius 3 is 2.65 bits per heavy atom. The summed E-state index contributed by atoms with van der Waals surface area (Å²) in [4.78, 5) is 12.8. The fourth-order valence-corrected chi connectivity index (χ4v) is 3.09. The summed E-state index contributed by atoms with van der Waals surface area (Å²) in [6.45, 7) is 0. The molecule has 102 valence electrons. The minimum atomic E-state index is -0.0719. The molecule has 2 aromatic carbocycles. The summed E-state index contributed by atoms with van der Waals surface area (Å²) in [5.74, 6) is 0.977. The first-order chi connectivity index (χ1) is 9.81. The zero-order valence-corrected chi connectivity index (χ0v) is 11.6. The van der Waals surface area contributed by atoms with Crippen LogP contribution in [-0.2, 0) is 6.42 Å². The number of aryl methyl sites for hydroxylation is 1. The van der Waals surface area contributed by atoms with Gasteiger partial charge in [0, 0.05) is 11.1 Å². The Morgan fingerprint density at radius 1 is 1.10 bits per heavy atom. The second-order valence-electron chi connectivity index (χ2n) is 5.21.